The smallest absolute Gasteiger partial charge is 0.135 e. The standard InChI is InChI=1S/C14H22N4/c1-2-11-9-15-7-8-18(11)14-12-5-3-4-6-13(12)16-10-17-14/h10-11,15H,2-9H2,1H3. The zero-order chi connectivity index (χ0) is 12.4. The SMILES string of the molecule is CCC1CNCCN1c1ncnc2c1CCCC2. The largest absolute Gasteiger partial charge is 0.351 e. The van der Waals surface area contributed by atoms with Gasteiger partial charge in [-0.25, -0.2) is 9.97 Å². The molecule has 18 heavy (non-hydrogen) atoms. The van der Waals surface area contributed by atoms with Crippen molar-refractivity contribution in [2.24, 2.45) is 0 Å². The minimum absolute atomic E-state index is 0.583. The highest BCUT2D eigenvalue weighted by atomic mass is 15.3. The molecule has 1 aromatic heterocycles. The summed E-state index contributed by atoms with van der Waals surface area (Å²) in [4.78, 5) is 11.6. The van der Waals surface area contributed by atoms with E-state index in [0.717, 1.165) is 32.5 Å². The lowest BCUT2D eigenvalue weighted by atomic mass is 9.95. The second-order valence-corrected chi connectivity index (χ2v) is 5.29. The van der Waals surface area contributed by atoms with Crippen LogP contribution in [0.2, 0.25) is 0 Å². The van der Waals surface area contributed by atoms with Gasteiger partial charge in [0.05, 0.1) is 0 Å². The van der Waals surface area contributed by atoms with Crippen LogP contribution in [0.3, 0.4) is 0 Å². The molecule has 4 heteroatoms. The molecule has 2 aliphatic rings. The monoisotopic (exact) mass is 246 g/mol. The Balaban J connectivity index is 1.95. The van der Waals surface area contributed by atoms with Gasteiger partial charge in [-0.1, -0.05) is 6.92 Å². The van der Waals surface area contributed by atoms with Gasteiger partial charge in [0.15, 0.2) is 0 Å². The number of nitrogens with one attached hydrogen (secondary N) is 1. The highest BCUT2D eigenvalue weighted by Crippen LogP contribution is 2.29. The summed E-state index contributed by atoms with van der Waals surface area (Å²) in [7, 11) is 0. The molecule has 3 rings (SSSR count). The first-order chi connectivity index (χ1) is 8.90. The summed E-state index contributed by atoms with van der Waals surface area (Å²) >= 11 is 0. The van der Waals surface area contributed by atoms with Gasteiger partial charge in [-0.15, -0.1) is 0 Å². The molecular weight excluding hydrogens is 224 g/mol. The van der Waals surface area contributed by atoms with Gasteiger partial charge in [0, 0.05) is 36.9 Å². The average Bonchev–Trinajstić information content (AvgIpc) is 2.46. The summed E-state index contributed by atoms with van der Waals surface area (Å²) in [6.45, 7) is 5.48. The van der Waals surface area contributed by atoms with Crippen LogP contribution in [0.15, 0.2) is 6.33 Å². The molecule has 1 N–H and O–H groups in total. The number of aryl methyl sites for hydroxylation is 1. The van der Waals surface area contributed by atoms with Crippen LogP contribution in [-0.4, -0.2) is 35.6 Å². The van der Waals surface area contributed by atoms with Gasteiger partial charge in [0.1, 0.15) is 12.1 Å². The van der Waals surface area contributed by atoms with E-state index in [1.54, 1.807) is 6.33 Å². The number of rotatable bonds is 2. The number of anilines is 1. The zero-order valence-corrected chi connectivity index (χ0v) is 11.2. The van der Waals surface area contributed by atoms with Crippen LogP contribution in [0, 0.1) is 0 Å². The van der Waals surface area contributed by atoms with Gasteiger partial charge in [0.25, 0.3) is 0 Å². The van der Waals surface area contributed by atoms with Crippen molar-refractivity contribution in [1.29, 1.82) is 0 Å². The van der Waals surface area contributed by atoms with Crippen molar-refractivity contribution < 1.29 is 0 Å². The Kier molecular flexibility index (Phi) is 3.46. The Morgan fingerprint density at radius 1 is 1.33 bits per heavy atom. The molecule has 2 heterocycles. The molecular formula is C14H22N4. The van der Waals surface area contributed by atoms with Crippen molar-refractivity contribution in [3.8, 4) is 0 Å². The van der Waals surface area contributed by atoms with Gasteiger partial charge in [-0.3, -0.25) is 0 Å². The minimum Gasteiger partial charge on any atom is -0.351 e. The third-order valence-corrected chi connectivity index (χ3v) is 4.20. The van der Waals surface area contributed by atoms with Crippen LogP contribution in [-0.2, 0) is 12.8 Å². The molecule has 0 aromatic carbocycles. The van der Waals surface area contributed by atoms with Crippen molar-refractivity contribution >= 4 is 5.82 Å². The maximum Gasteiger partial charge on any atom is 0.135 e. The predicted molar refractivity (Wildman–Crippen MR) is 73.0 cm³/mol. The van der Waals surface area contributed by atoms with Crippen molar-refractivity contribution in [2.45, 2.75) is 45.1 Å². The second kappa shape index (κ2) is 5.22. The van der Waals surface area contributed by atoms with Crippen molar-refractivity contribution in [3.63, 3.8) is 0 Å². The van der Waals surface area contributed by atoms with E-state index < -0.39 is 0 Å². The number of piperazine rings is 1. The van der Waals surface area contributed by atoms with E-state index in [1.807, 2.05) is 0 Å². The van der Waals surface area contributed by atoms with Crippen LogP contribution in [0.1, 0.15) is 37.4 Å². The molecule has 0 spiro atoms. The molecule has 1 aliphatic carbocycles. The van der Waals surface area contributed by atoms with E-state index in [1.165, 1.54) is 36.3 Å². The Hall–Kier alpha value is -1.16. The molecule has 1 fully saturated rings. The van der Waals surface area contributed by atoms with Crippen LogP contribution in [0.4, 0.5) is 5.82 Å². The summed E-state index contributed by atoms with van der Waals surface area (Å²) in [6.07, 6.45) is 7.79. The van der Waals surface area contributed by atoms with Crippen molar-refractivity contribution in [3.05, 3.63) is 17.6 Å². The van der Waals surface area contributed by atoms with Crippen LogP contribution in [0.25, 0.3) is 0 Å². The summed E-state index contributed by atoms with van der Waals surface area (Å²) in [5.41, 5.74) is 2.71. The Morgan fingerprint density at radius 3 is 3.11 bits per heavy atom. The predicted octanol–water partition coefficient (Wildman–Crippen LogP) is 1.54. The molecule has 0 amide bonds. The number of hydrogen-bond donors (Lipinski definition) is 1. The molecule has 1 aliphatic heterocycles. The van der Waals surface area contributed by atoms with Crippen molar-refractivity contribution in [2.75, 3.05) is 24.5 Å². The molecule has 0 saturated carbocycles. The minimum atomic E-state index is 0.583. The number of nitrogens with zero attached hydrogens (tertiary/aromatic N) is 3. The molecule has 98 valence electrons. The average molecular weight is 246 g/mol. The lowest BCUT2D eigenvalue weighted by molar-refractivity contribution is 0.460. The van der Waals surface area contributed by atoms with Crippen molar-refractivity contribution in [1.82, 2.24) is 15.3 Å². The summed E-state index contributed by atoms with van der Waals surface area (Å²) < 4.78 is 0. The first-order valence-corrected chi connectivity index (χ1v) is 7.20. The number of aromatic nitrogens is 2. The molecule has 1 aromatic rings. The molecule has 4 nitrogen and oxygen atoms in total. The Morgan fingerprint density at radius 2 is 2.22 bits per heavy atom. The highest BCUT2D eigenvalue weighted by molar-refractivity contribution is 5.51. The third-order valence-electron chi connectivity index (χ3n) is 4.20. The highest BCUT2D eigenvalue weighted by Gasteiger charge is 2.26. The van der Waals surface area contributed by atoms with Crippen LogP contribution >= 0.6 is 0 Å². The van der Waals surface area contributed by atoms with E-state index in [2.05, 4.69) is 27.1 Å². The van der Waals surface area contributed by atoms with E-state index >= 15 is 0 Å². The lowest BCUT2D eigenvalue weighted by Gasteiger charge is -2.38. The molecule has 0 radical (unpaired) electrons. The maximum atomic E-state index is 4.60. The summed E-state index contributed by atoms with van der Waals surface area (Å²) in [5, 5.41) is 3.48. The fourth-order valence-corrected chi connectivity index (χ4v) is 3.16. The van der Waals surface area contributed by atoms with E-state index in [0.29, 0.717) is 6.04 Å². The maximum absolute atomic E-state index is 4.60. The van der Waals surface area contributed by atoms with Gasteiger partial charge >= 0.3 is 0 Å². The fraction of sp³-hybridized carbons (Fsp3) is 0.714. The van der Waals surface area contributed by atoms with Crippen LogP contribution in [0.5, 0.6) is 0 Å². The molecule has 1 unspecified atom stereocenters. The lowest BCUT2D eigenvalue weighted by Crippen LogP contribution is -2.51. The first-order valence-electron chi connectivity index (χ1n) is 7.20. The van der Waals surface area contributed by atoms with Crippen LogP contribution < -0.4 is 10.2 Å². The second-order valence-electron chi connectivity index (χ2n) is 5.29. The van der Waals surface area contributed by atoms with E-state index in [-0.39, 0.29) is 0 Å². The molecule has 0 bridgehead atoms. The molecule has 1 atom stereocenters. The topological polar surface area (TPSA) is 41.0 Å². The fourth-order valence-electron chi connectivity index (χ4n) is 3.16. The third kappa shape index (κ3) is 2.09. The summed E-state index contributed by atoms with van der Waals surface area (Å²) in [6, 6.07) is 0.583. The summed E-state index contributed by atoms with van der Waals surface area (Å²) in [5.74, 6) is 1.22. The first kappa shape index (κ1) is 11.9. The zero-order valence-electron chi connectivity index (χ0n) is 11.2. The number of hydrogen-bond acceptors (Lipinski definition) is 4. The normalized spacial score (nSPS) is 23.8. The van der Waals surface area contributed by atoms with Gasteiger partial charge < -0.3 is 10.2 Å². The molecule has 1 saturated heterocycles. The van der Waals surface area contributed by atoms with Gasteiger partial charge in [-0.2, -0.15) is 0 Å². The van der Waals surface area contributed by atoms with Gasteiger partial charge in [0.2, 0.25) is 0 Å². The van der Waals surface area contributed by atoms with E-state index in [9.17, 15) is 0 Å². The Bertz CT molecular complexity index is 418. The quantitative estimate of drug-likeness (QED) is 0.859. The number of fused-ring (bicyclic) bond motifs is 1. The van der Waals surface area contributed by atoms with E-state index in [4.69, 9.17) is 0 Å². The van der Waals surface area contributed by atoms with Gasteiger partial charge in [-0.05, 0) is 32.1 Å². The Labute approximate surface area is 109 Å².